The lowest BCUT2D eigenvalue weighted by atomic mass is 9.79. The first kappa shape index (κ1) is 13.7. The Morgan fingerprint density at radius 3 is 2.72 bits per heavy atom. The van der Waals surface area contributed by atoms with Crippen molar-refractivity contribution in [1.82, 2.24) is 9.97 Å². The van der Waals surface area contributed by atoms with Gasteiger partial charge >= 0.3 is 0 Å². The van der Waals surface area contributed by atoms with Gasteiger partial charge in [-0.1, -0.05) is 6.92 Å². The van der Waals surface area contributed by atoms with Crippen LogP contribution in [-0.4, -0.2) is 27.2 Å². The maximum Gasteiger partial charge on any atom is 0.130 e. The molecule has 100 valence electrons. The maximum atomic E-state index is 10.5. The Morgan fingerprint density at radius 1 is 1.44 bits per heavy atom. The summed E-state index contributed by atoms with van der Waals surface area (Å²) in [5.41, 5.74) is -0.585. The first-order valence-electron chi connectivity index (χ1n) is 6.44. The fourth-order valence-corrected chi connectivity index (χ4v) is 2.83. The zero-order valence-electron chi connectivity index (χ0n) is 10.9. The van der Waals surface area contributed by atoms with Crippen LogP contribution in [0.5, 0.6) is 0 Å². The molecule has 0 spiro atoms. The second-order valence-electron chi connectivity index (χ2n) is 5.38. The molecule has 2 N–H and O–H groups in total. The van der Waals surface area contributed by atoms with Crippen LogP contribution >= 0.6 is 15.9 Å². The maximum absolute atomic E-state index is 10.5. The Kier molecular flexibility index (Phi) is 4.22. The molecule has 0 unspecified atom stereocenters. The van der Waals surface area contributed by atoms with Crippen LogP contribution < -0.4 is 5.32 Å². The number of aromatic nitrogens is 2. The molecule has 0 radical (unpaired) electrons. The summed E-state index contributed by atoms with van der Waals surface area (Å²) in [6.45, 7) is 4.66. The molecule has 0 bridgehead atoms. The summed E-state index contributed by atoms with van der Waals surface area (Å²) in [6, 6.07) is 1.84. The Bertz CT molecular complexity index is 396. The van der Waals surface area contributed by atoms with Crippen molar-refractivity contribution in [3.8, 4) is 0 Å². The monoisotopic (exact) mass is 313 g/mol. The minimum Gasteiger partial charge on any atom is -0.388 e. The van der Waals surface area contributed by atoms with E-state index in [0.29, 0.717) is 6.54 Å². The van der Waals surface area contributed by atoms with Crippen LogP contribution in [0, 0.1) is 12.8 Å². The van der Waals surface area contributed by atoms with E-state index in [9.17, 15) is 5.11 Å². The number of aryl methyl sites for hydroxylation is 1. The minimum atomic E-state index is -0.585. The van der Waals surface area contributed by atoms with Crippen LogP contribution in [0.2, 0.25) is 0 Å². The van der Waals surface area contributed by atoms with Crippen molar-refractivity contribution in [3.05, 3.63) is 16.5 Å². The first-order chi connectivity index (χ1) is 8.47. The lowest BCUT2D eigenvalue weighted by molar-refractivity contribution is 0.00494. The lowest BCUT2D eigenvalue weighted by Gasteiger charge is -2.35. The molecule has 1 heterocycles. The van der Waals surface area contributed by atoms with Gasteiger partial charge < -0.3 is 10.4 Å². The molecule has 1 saturated carbocycles. The second-order valence-corrected chi connectivity index (χ2v) is 6.20. The van der Waals surface area contributed by atoms with Crippen LogP contribution in [0.1, 0.15) is 38.4 Å². The van der Waals surface area contributed by atoms with Gasteiger partial charge in [0.2, 0.25) is 0 Å². The summed E-state index contributed by atoms with van der Waals surface area (Å²) < 4.78 is 0.766. The van der Waals surface area contributed by atoms with Crippen molar-refractivity contribution < 1.29 is 5.11 Å². The Balaban J connectivity index is 1.94. The van der Waals surface area contributed by atoms with E-state index in [1.807, 2.05) is 13.0 Å². The molecule has 1 aliphatic rings. The molecule has 1 aliphatic carbocycles. The highest BCUT2D eigenvalue weighted by molar-refractivity contribution is 9.10. The molecule has 4 nitrogen and oxygen atoms in total. The van der Waals surface area contributed by atoms with Crippen LogP contribution in [-0.2, 0) is 0 Å². The third-order valence-electron chi connectivity index (χ3n) is 3.61. The Labute approximate surface area is 116 Å². The number of hydrogen-bond acceptors (Lipinski definition) is 4. The topological polar surface area (TPSA) is 58.0 Å². The number of aliphatic hydroxyl groups is 1. The SMILES string of the molecule is Cc1nc(Br)cc(NCC2(O)CCC(C)CC2)n1. The zero-order chi connectivity index (χ0) is 13.2. The Morgan fingerprint density at radius 2 is 2.11 bits per heavy atom. The van der Waals surface area contributed by atoms with Gasteiger partial charge in [-0.05, 0) is 54.5 Å². The summed E-state index contributed by atoms with van der Waals surface area (Å²) in [5.74, 6) is 2.22. The number of rotatable bonds is 3. The highest BCUT2D eigenvalue weighted by atomic mass is 79.9. The van der Waals surface area contributed by atoms with Crippen LogP contribution in [0.25, 0.3) is 0 Å². The average Bonchev–Trinajstić information content (AvgIpc) is 2.30. The smallest absolute Gasteiger partial charge is 0.130 e. The number of anilines is 1. The van der Waals surface area contributed by atoms with Crippen molar-refractivity contribution in [2.45, 2.75) is 45.1 Å². The van der Waals surface area contributed by atoms with Crippen LogP contribution in [0.15, 0.2) is 10.7 Å². The number of nitrogens with zero attached hydrogens (tertiary/aromatic N) is 2. The fourth-order valence-electron chi connectivity index (χ4n) is 2.35. The van der Waals surface area contributed by atoms with Crippen molar-refractivity contribution in [3.63, 3.8) is 0 Å². The molecule has 0 saturated heterocycles. The molecule has 1 fully saturated rings. The highest BCUT2D eigenvalue weighted by Gasteiger charge is 2.31. The van der Waals surface area contributed by atoms with Gasteiger partial charge in [-0.25, -0.2) is 9.97 Å². The summed E-state index contributed by atoms with van der Waals surface area (Å²) in [6.07, 6.45) is 3.94. The zero-order valence-corrected chi connectivity index (χ0v) is 12.5. The van der Waals surface area contributed by atoms with Crippen molar-refractivity contribution in [2.24, 2.45) is 5.92 Å². The fraction of sp³-hybridized carbons (Fsp3) is 0.692. The van der Waals surface area contributed by atoms with Gasteiger partial charge in [0.1, 0.15) is 16.2 Å². The molecule has 0 aliphatic heterocycles. The molecule has 18 heavy (non-hydrogen) atoms. The van der Waals surface area contributed by atoms with Crippen molar-refractivity contribution in [1.29, 1.82) is 0 Å². The van der Waals surface area contributed by atoms with Gasteiger partial charge in [0, 0.05) is 12.6 Å². The van der Waals surface area contributed by atoms with E-state index in [1.165, 1.54) is 0 Å². The average molecular weight is 314 g/mol. The van der Waals surface area contributed by atoms with Gasteiger partial charge in [-0.15, -0.1) is 0 Å². The normalized spacial score (nSPS) is 28.1. The predicted octanol–water partition coefficient (Wildman–Crippen LogP) is 2.90. The molecule has 2 rings (SSSR count). The van der Waals surface area contributed by atoms with E-state index in [4.69, 9.17) is 0 Å². The third-order valence-corrected chi connectivity index (χ3v) is 4.02. The summed E-state index contributed by atoms with van der Waals surface area (Å²) >= 11 is 3.35. The van der Waals surface area contributed by atoms with E-state index in [1.54, 1.807) is 0 Å². The molecular weight excluding hydrogens is 294 g/mol. The first-order valence-corrected chi connectivity index (χ1v) is 7.24. The highest BCUT2D eigenvalue weighted by Crippen LogP contribution is 2.31. The summed E-state index contributed by atoms with van der Waals surface area (Å²) in [7, 11) is 0. The minimum absolute atomic E-state index is 0.558. The summed E-state index contributed by atoms with van der Waals surface area (Å²) in [5, 5.41) is 13.7. The second kappa shape index (κ2) is 5.53. The van der Waals surface area contributed by atoms with Gasteiger partial charge in [0.25, 0.3) is 0 Å². The van der Waals surface area contributed by atoms with E-state index in [2.05, 4.69) is 38.1 Å². The van der Waals surface area contributed by atoms with E-state index in [0.717, 1.165) is 47.8 Å². The molecule has 1 aromatic heterocycles. The van der Waals surface area contributed by atoms with E-state index in [-0.39, 0.29) is 0 Å². The molecule has 0 atom stereocenters. The molecule has 0 amide bonds. The van der Waals surface area contributed by atoms with Crippen LogP contribution in [0.3, 0.4) is 0 Å². The number of nitrogens with one attached hydrogen (secondary N) is 1. The Hall–Kier alpha value is -0.680. The predicted molar refractivity (Wildman–Crippen MR) is 75.5 cm³/mol. The summed E-state index contributed by atoms with van der Waals surface area (Å²) in [4.78, 5) is 8.46. The van der Waals surface area contributed by atoms with Gasteiger partial charge in [0.15, 0.2) is 0 Å². The number of hydrogen-bond donors (Lipinski definition) is 2. The van der Waals surface area contributed by atoms with Crippen molar-refractivity contribution in [2.75, 3.05) is 11.9 Å². The van der Waals surface area contributed by atoms with Gasteiger partial charge in [0.05, 0.1) is 5.60 Å². The lowest BCUT2D eigenvalue weighted by Crippen LogP contribution is -2.40. The van der Waals surface area contributed by atoms with E-state index >= 15 is 0 Å². The van der Waals surface area contributed by atoms with Gasteiger partial charge in [-0.2, -0.15) is 0 Å². The van der Waals surface area contributed by atoms with Gasteiger partial charge in [-0.3, -0.25) is 0 Å². The molecule has 0 aromatic carbocycles. The van der Waals surface area contributed by atoms with Crippen LogP contribution in [0.4, 0.5) is 5.82 Å². The van der Waals surface area contributed by atoms with E-state index < -0.39 is 5.60 Å². The third kappa shape index (κ3) is 3.65. The standard InChI is InChI=1S/C13H20BrN3O/c1-9-3-5-13(18,6-4-9)8-15-12-7-11(14)16-10(2)17-12/h7,9,18H,3-6,8H2,1-2H3,(H,15,16,17). The molecule has 5 heteroatoms. The number of halogens is 1. The molecule has 1 aromatic rings. The van der Waals surface area contributed by atoms with Crippen molar-refractivity contribution >= 4 is 21.7 Å². The molecular formula is C13H20BrN3O. The quantitative estimate of drug-likeness (QED) is 0.842. The largest absolute Gasteiger partial charge is 0.388 e.